The van der Waals surface area contributed by atoms with E-state index in [4.69, 9.17) is 0 Å². The fourth-order valence-electron chi connectivity index (χ4n) is 4.69. The first kappa shape index (κ1) is 21.0. The van der Waals surface area contributed by atoms with Gasteiger partial charge in [-0.3, -0.25) is 9.78 Å². The first-order valence-corrected chi connectivity index (χ1v) is 11.0. The van der Waals surface area contributed by atoms with Crippen LogP contribution in [0.1, 0.15) is 37.8 Å². The highest BCUT2D eigenvalue weighted by Gasteiger charge is 2.64. The van der Waals surface area contributed by atoms with Crippen LogP contribution in [-0.4, -0.2) is 68.6 Å². The van der Waals surface area contributed by atoms with Gasteiger partial charge in [-0.25, -0.2) is 13.8 Å². The number of nitrogens with one attached hydrogen (secondary N) is 1. The molecule has 2 bridgehead atoms. The van der Waals surface area contributed by atoms with Gasteiger partial charge in [0, 0.05) is 49.4 Å². The molecule has 3 aliphatic rings. The van der Waals surface area contributed by atoms with Crippen molar-refractivity contribution in [2.75, 3.05) is 29.9 Å². The molecule has 4 heterocycles. The van der Waals surface area contributed by atoms with E-state index < -0.39 is 17.7 Å². The van der Waals surface area contributed by atoms with Gasteiger partial charge in [0.1, 0.15) is 11.7 Å². The molecule has 170 valence electrons. The molecule has 4 atom stereocenters. The molecule has 1 saturated carbocycles. The number of aliphatic hydroxyl groups excluding tert-OH is 1. The Hall–Kier alpha value is -2.88. The van der Waals surface area contributed by atoms with Crippen LogP contribution >= 0.6 is 0 Å². The van der Waals surface area contributed by atoms with Crippen LogP contribution in [-0.2, 0) is 4.79 Å². The van der Waals surface area contributed by atoms with Crippen LogP contribution in [0.2, 0.25) is 0 Å². The standard InChI is InChI=1S/C22H26F2N6O2/c1-13(12-31)18-5-2-14(9-26-18)27-21-25-7-6-19(28-21)29-10-15-3-4-16(11-29)30(15)20(32)17-8-22(17,23)24/h2,5-7,9,13,15-17,31H,3-4,8,10-12H2,1H3,(H,25,27,28)/t13?,15-,16+,17-/m0/s1. The number of piperazine rings is 1. The molecule has 2 aromatic heterocycles. The lowest BCUT2D eigenvalue weighted by Gasteiger charge is -2.41. The molecule has 10 heteroatoms. The lowest BCUT2D eigenvalue weighted by atomic mass is 10.1. The first-order chi connectivity index (χ1) is 15.4. The number of aromatic nitrogens is 3. The number of carbonyl (C=O) groups excluding carboxylic acids is 1. The molecule has 0 radical (unpaired) electrons. The molecule has 2 N–H and O–H groups in total. The lowest BCUT2D eigenvalue weighted by Crippen LogP contribution is -2.56. The highest BCUT2D eigenvalue weighted by atomic mass is 19.3. The molecule has 2 aromatic rings. The average molecular weight is 444 g/mol. The molecule has 2 aliphatic heterocycles. The van der Waals surface area contributed by atoms with Gasteiger partial charge in [-0.2, -0.15) is 4.98 Å². The second-order valence-electron chi connectivity index (χ2n) is 8.97. The molecule has 8 nitrogen and oxygen atoms in total. The number of hydrogen-bond acceptors (Lipinski definition) is 7. The summed E-state index contributed by atoms with van der Waals surface area (Å²) in [5.41, 5.74) is 1.54. The minimum atomic E-state index is -2.83. The van der Waals surface area contributed by atoms with Gasteiger partial charge in [0.2, 0.25) is 11.9 Å². The highest BCUT2D eigenvalue weighted by molar-refractivity contribution is 5.84. The summed E-state index contributed by atoms with van der Waals surface area (Å²) in [6.07, 6.45) is 4.68. The van der Waals surface area contributed by atoms with Crippen molar-refractivity contribution >= 4 is 23.4 Å². The van der Waals surface area contributed by atoms with Gasteiger partial charge in [0.25, 0.3) is 5.92 Å². The van der Waals surface area contributed by atoms with Gasteiger partial charge < -0.3 is 20.2 Å². The topological polar surface area (TPSA) is 94.5 Å². The van der Waals surface area contributed by atoms with Crippen LogP contribution in [0.15, 0.2) is 30.6 Å². The predicted molar refractivity (Wildman–Crippen MR) is 114 cm³/mol. The molecule has 2 saturated heterocycles. The molecule has 3 fully saturated rings. The monoisotopic (exact) mass is 444 g/mol. The molecule has 1 amide bonds. The Morgan fingerprint density at radius 2 is 1.97 bits per heavy atom. The van der Waals surface area contributed by atoms with E-state index in [1.165, 1.54) is 0 Å². The summed E-state index contributed by atoms with van der Waals surface area (Å²) in [5.74, 6) is -3.22. The third-order valence-corrected chi connectivity index (χ3v) is 6.65. The summed E-state index contributed by atoms with van der Waals surface area (Å²) >= 11 is 0. The van der Waals surface area contributed by atoms with Crippen LogP contribution < -0.4 is 10.2 Å². The maximum absolute atomic E-state index is 13.4. The maximum Gasteiger partial charge on any atom is 0.260 e. The van der Waals surface area contributed by atoms with Gasteiger partial charge >= 0.3 is 0 Å². The Morgan fingerprint density at radius 1 is 1.25 bits per heavy atom. The summed E-state index contributed by atoms with van der Waals surface area (Å²) in [6.45, 7) is 3.09. The molecule has 0 aromatic carbocycles. The van der Waals surface area contributed by atoms with E-state index >= 15 is 0 Å². The first-order valence-electron chi connectivity index (χ1n) is 11.0. The van der Waals surface area contributed by atoms with E-state index in [9.17, 15) is 18.7 Å². The Morgan fingerprint density at radius 3 is 2.56 bits per heavy atom. The van der Waals surface area contributed by atoms with Crippen molar-refractivity contribution in [1.82, 2.24) is 19.9 Å². The van der Waals surface area contributed by atoms with Gasteiger partial charge in [0.15, 0.2) is 0 Å². The number of fused-ring (bicyclic) bond motifs is 2. The third-order valence-electron chi connectivity index (χ3n) is 6.65. The molecular formula is C22H26F2N6O2. The number of rotatable bonds is 6. The summed E-state index contributed by atoms with van der Waals surface area (Å²) in [5, 5.41) is 12.4. The molecule has 5 rings (SSSR count). The second-order valence-corrected chi connectivity index (χ2v) is 8.97. The fraction of sp³-hybridized carbons (Fsp3) is 0.545. The molecule has 32 heavy (non-hydrogen) atoms. The number of amides is 1. The second kappa shape index (κ2) is 7.91. The van der Waals surface area contributed by atoms with E-state index in [1.54, 1.807) is 17.3 Å². The molecule has 1 unspecified atom stereocenters. The Kier molecular flexibility index (Phi) is 5.19. The number of halogens is 2. The SMILES string of the molecule is CC(CO)c1ccc(Nc2nccc(N3C[C@H]4CC[C@@H](C3)N4C(=O)[C@@H]3CC3(F)F)n2)cn1. The van der Waals surface area contributed by atoms with Gasteiger partial charge in [-0.15, -0.1) is 0 Å². The van der Waals surface area contributed by atoms with Crippen LogP contribution in [0.4, 0.5) is 26.2 Å². The van der Waals surface area contributed by atoms with Crippen molar-refractivity contribution in [2.45, 2.75) is 50.1 Å². The van der Waals surface area contributed by atoms with Crippen molar-refractivity contribution < 1.29 is 18.7 Å². The minimum absolute atomic E-state index is 0.0318. The van der Waals surface area contributed by atoms with Gasteiger partial charge in [0.05, 0.1) is 18.5 Å². The smallest absolute Gasteiger partial charge is 0.260 e. The van der Waals surface area contributed by atoms with Crippen molar-refractivity contribution in [1.29, 1.82) is 0 Å². The summed E-state index contributed by atoms with van der Waals surface area (Å²) in [7, 11) is 0. The van der Waals surface area contributed by atoms with E-state index in [0.29, 0.717) is 19.0 Å². The summed E-state index contributed by atoms with van der Waals surface area (Å²) < 4.78 is 26.8. The average Bonchev–Trinajstić information content (AvgIpc) is 3.36. The number of hydrogen-bond donors (Lipinski definition) is 2. The highest BCUT2D eigenvalue weighted by Crippen LogP contribution is 2.51. The van der Waals surface area contributed by atoms with Crippen molar-refractivity contribution in [3.05, 3.63) is 36.3 Å². The van der Waals surface area contributed by atoms with Crippen molar-refractivity contribution in [3.63, 3.8) is 0 Å². The molecule has 1 aliphatic carbocycles. The van der Waals surface area contributed by atoms with Crippen LogP contribution in [0, 0.1) is 5.92 Å². The van der Waals surface area contributed by atoms with E-state index in [-0.39, 0.29) is 31.0 Å². The number of anilines is 3. The predicted octanol–water partition coefficient (Wildman–Crippen LogP) is 2.55. The zero-order valence-electron chi connectivity index (χ0n) is 17.8. The summed E-state index contributed by atoms with van der Waals surface area (Å²) in [4.78, 5) is 29.7. The Labute approximate surface area is 184 Å². The quantitative estimate of drug-likeness (QED) is 0.707. The van der Waals surface area contributed by atoms with E-state index in [0.717, 1.165) is 30.0 Å². The molecular weight excluding hydrogens is 418 g/mol. The Balaban J connectivity index is 1.26. The normalized spacial score (nSPS) is 26.7. The zero-order chi connectivity index (χ0) is 22.5. The third kappa shape index (κ3) is 3.87. The minimum Gasteiger partial charge on any atom is -0.396 e. The number of aliphatic hydroxyl groups is 1. The zero-order valence-corrected chi connectivity index (χ0v) is 17.8. The number of pyridine rings is 1. The number of carbonyl (C=O) groups is 1. The number of nitrogens with zero attached hydrogens (tertiary/aromatic N) is 5. The van der Waals surface area contributed by atoms with Gasteiger partial charge in [-0.1, -0.05) is 6.92 Å². The van der Waals surface area contributed by atoms with E-state index in [2.05, 4.69) is 25.2 Å². The molecule has 0 spiro atoms. The Bertz CT molecular complexity index is 990. The number of alkyl halides is 2. The van der Waals surface area contributed by atoms with Crippen LogP contribution in [0.25, 0.3) is 0 Å². The van der Waals surface area contributed by atoms with E-state index in [1.807, 2.05) is 25.1 Å². The van der Waals surface area contributed by atoms with Gasteiger partial charge in [-0.05, 0) is 31.0 Å². The fourth-order valence-corrected chi connectivity index (χ4v) is 4.69. The lowest BCUT2D eigenvalue weighted by molar-refractivity contribution is -0.138. The largest absolute Gasteiger partial charge is 0.396 e. The van der Waals surface area contributed by atoms with Crippen LogP contribution in [0.3, 0.4) is 0 Å². The van der Waals surface area contributed by atoms with Crippen molar-refractivity contribution in [3.8, 4) is 0 Å². The maximum atomic E-state index is 13.4. The van der Waals surface area contributed by atoms with Crippen LogP contribution in [0.5, 0.6) is 0 Å². The summed E-state index contributed by atoms with van der Waals surface area (Å²) in [6, 6.07) is 5.41. The van der Waals surface area contributed by atoms with Crippen molar-refractivity contribution in [2.24, 2.45) is 5.92 Å².